The van der Waals surface area contributed by atoms with Crippen LogP contribution in [-0.4, -0.2) is 29.9 Å². The van der Waals surface area contributed by atoms with Crippen molar-refractivity contribution in [3.05, 3.63) is 60.6 Å². The van der Waals surface area contributed by atoms with Crippen molar-refractivity contribution in [2.45, 2.75) is 0 Å². The lowest BCUT2D eigenvalue weighted by Gasteiger charge is -2.20. The van der Waals surface area contributed by atoms with E-state index < -0.39 is 23.0 Å². The number of rotatable bonds is 5. The van der Waals surface area contributed by atoms with Crippen molar-refractivity contribution < 1.29 is 28.2 Å². The molecule has 0 aliphatic rings. The predicted octanol–water partition coefficient (Wildman–Crippen LogP) is 3.02. The summed E-state index contributed by atoms with van der Waals surface area (Å²) >= 11 is -2.44. The normalized spacial score (nSPS) is 11.9. The molecule has 0 spiro atoms. The average molecular weight is 360 g/mol. The monoisotopic (exact) mass is 360 g/mol. The van der Waals surface area contributed by atoms with Crippen LogP contribution in [-0.2, 0) is 11.3 Å². The second-order valence-corrected chi connectivity index (χ2v) is 5.77. The van der Waals surface area contributed by atoms with Gasteiger partial charge >= 0.3 is 5.97 Å². The minimum absolute atomic E-state index is 0.163. The van der Waals surface area contributed by atoms with Crippen LogP contribution in [0.4, 0.5) is 11.4 Å². The van der Waals surface area contributed by atoms with E-state index in [-0.39, 0.29) is 11.3 Å². The van der Waals surface area contributed by atoms with Crippen molar-refractivity contribution >= 4 is 28.6 Å². The Bertz CT molecular complexity index is 924. The number of anilines is 2. The summed E-state index contributed by atoms with van der Waals surface area (Å²) < 4.78 is 27.6. The zero-order valence-electron chi connectivity index (χ0n) is 12.6. The molecule has 3 rings (SSSR count). The third-order valence-corrected chi connectivity index (χ3v) is 4.16. The summed E-state index contributed by atoms with van der Waals surface area (Å²) in [4.78, 5) is 14.8. The summed E-state index contributed by atoms with van der Waals surface area (Å²) in [5.74, 6) is -1.25. The summed E-state index contributed by atoms with van der Waals surface area (Å²) in [7, 11) is 0. The molecule has 1 unspecified atom stereocenters. The van der Waals surface area contributed by atoms with Gasteiger partial charge in [-0.1, -0.05) is 0 Å². The summed E-state index contributed by atoms with van der Waals surface area (Å²) in [5.41, 5.74) is 0.962. The van der Waals surface area contributed by atoms with E-state index in [4.69, 9.17) is 9.52 Å². The Balaban J connectivity index is 1.98. The van der Waals surface area contributed by atoms with Gasteiger partial charge in [0.15, 0.2) is 12.2 Å². The minimum Gasteiger partial charge on any atom is -0.507 e. The fourth-order valence-corrected chi connectivity index (χ4v) is 2.87. The molecule has 1 heterocycles. The van der Waals surface area contributed by atoms with E-state index in [2.05, 4.69) is 4.98 Å². The fraction of sp³-hybridized carbons (Fsp3) is 0. The van der Waals surface area contributed by atoms with Crippen molar-refractivity contribution in [1.29, 1.82) is 0 Å². The Morgan fingerprint density at radius 1 is 1.12 bits per heavy atom. The second kappa shape index (κ2) is 6.75. The van der Waals surface area contributed by atoms with Gasteiger partial charge in [0, 0.05) is 11.6 Å². The van der Waals surface area contributed by atoms with E-state index in [0.717, 1.165) is 22.0 Å². The third kappa shape index (κ3) is 3.37. The molecule has 0 bridgehead atoms. The number of oxazole rings is 1. The molecule has 9 heteroatoms. The molecular weight excluding hydrogens is 348 g/mol. The first-order valence-corrected chi connectivity index (χ1v) is 8.00. The molecule has 3 N–H and O–H groups in total. The van der Waals surface area contributed by atoms with Crippen molar-refractivity contribution in [1.82, 2.24) is 4.98 Å². The number of benzene rings is 2. The van der Waals surface area contributed by atoms with Gasteiger partial charge in [0.1, 0.15) is 11.3 Å². The molecule has 1 aromatic heterocycles. The third-order valence-electron chi connectivity index (χ3n) is 3.42. The maximum atomic E-state index is 11.8. The zero-order valence-corrected chi connectivity index (χ0v) is 13.4. The number of aromatic carboxylic acids is 1. The van der Waals surface area contributed by atoms with Crippen LogP contribution in [0.1, 0.15) is 10.4 Å². The van der Waals surface area contributed by atoms with Crippen LogP contribution in [0.15, 0.2) is 59.5 Å². The number of aromatic nitrogens is 1. The molecule has 25 heavy (non-hydrogen) atoms. The Morgan fingerprint density at radius 2 is 1.80 bits per heavy atom. The smallest absolute Gasteiger partial charge is 0.339 e. The Labute approximate surface area is 144 Å². The van der Waals surface area contributed by atoms with Crippen molar-refractivity contribution in [3.63, 3.8) is 0 Å². The van der Waals surface area contributed by atoms with Gasteiger partial charge in [-0.05, 0) is 36.4 Å². The zero-order chi connectivity index (χ0) is 18.0. The van der Waals surface area contributed by atoms with Gasteiger partial charge in [0.2, 0.25) is 0 Å². The summed E-state index contributed by atoms with van der Waals surface area (Å²) in [6, 6.07) is 10.2. The standard InChI is InChI=1S/C16H12N2O6S/c19-14-7-12(5-6-13(14)16(20)21)18(25(22)23)11-3-1-10(2-4-11)15-8-17-9-24-15/h1-9,19H,(H,20,21)(H,22,23). The number of carboxylic acid groups (broad SMARTS) is 1. The van der Waals surface area contributed by atoms with E-state index in [0.29, 0.717) is 11.4 Å². The maximum absolute atomic E-state index is 11.8. The van der Waals surface area contributed by atoms with Crippen LogP contribution in [0.25, 0.3) is 11.3 Å². The van der Waals surface area contributed by atoms with Crippen LogP contribution in [0, 0.1) is 0 Å². The largest absolute Gasteiger partial charge is 0.507 e. The number of carbonyl (C=O) groups is 1. The molecule has 0 aliphatic carbocycles. The van der Waals surface area contributed by atoms with E-state index in [1.165, 1.54) is 12.5 Å². The Morgan fingerprint density at radius 3 is 2.32 bits per heavy atom. The van der Waals surface area contributed by atoms with Crippen molar-refractivity contribution in [2.24, 2.45) is 0 Å². The molecule has 0 aliphatic heterocycles. The van der Waals surface area contributed by atoms with E-state index in [1.807, 2.05) is 0 Å². The summed E-state index contributed by atoms with van der Waals surface area (Å²) in [6.07, 6.45) is 2.84. The lowest BCUT2D eigenvalue weighted by Crippen LogP contribution is -2.19. The van der Waals surface area contributed by atoms with E-state index in [1.54, 1.807) is 30.5 Å². The summed E-state index contributed by atoms with van der Waals surface area (Å²) in [6.45, 7) is 0. The molecule has 0 amide bonds. The quantitative estimate of drug-likeness (QED) is 0.597. The molecule has 0 saturated carbocycles. The van der Waals surface area contributed by atoms with Gasteiger partial charge in [-0.2, -0.15) is 0 Å². The summed E-state index contributed by atoms with van der Waals surface area (Å²) in [5, 5.41) is 18.7. The van der Waals surface area contributed by atoms with Crippen molar-refractivity contribution in [3.8, 4) is 17.1 Å². The van der Waals surface area contributed by atoms with Crippen LogP contribution in [0.5, 0.6) is 5.75 Å². The average Bonchev–Trinajstić information content (AvgIpc) is 3.09. The van der Waals surface area contributed by atoms with Crippen LogP contribution < -0.4 is 4.31 Å². The predicted molar refractivity (Wildman–Crippen MR) is 89.9 cm³/mol. The molecule has 1 atom stereocenters. The second-order valence-electron chi connectivity index (χ2n) is 4.94. The number of hydrogen-bond acceptors (Lipinski definition) is 5. The number of phenols is 1. The first-order valence-electron chi connectivity index (χ1n) is 6.93. The highest BCUT2D eigenvalue weighted by atomic mass is 32.2. The SMILES string of the molecule is O=C(O)c1ccc(N(c2ccc(-c3cnco3)cc2)S(=O)O)cc1O. The Kier molecular flexibility index (Phi) is 4.50. The molecule has 0 radical (unpaired) electrons. The highest BCUT2D eigenvalue weighted by molar-refractivity contribution is 7.81. The van der Waals surface area contributed by atoms with Gasteiger partial charge in [0.25, 0.3) is 11.3 Å². The first-order chi connectivity index (χ1) is 12.0. The van der Waals surface area contributed by atoms with Crippen molar-refractivity contribution in [2.75, 3.05) is 4.31 Å². The van der Waals surface area contributed by atoms with E-state index >= 15 is 0 Å². The van der Waals surface area contributed by atoms with Gasteiger partial charge in [0.05, 0.1) is 17.6 Å². The lowest BCUT2D eigenvalue weighted by atomic mass is 10.1. The highest BCUT2D eigenvalue weighted by Crippen LogP contribution is 2.32. The molecule has 0 saturated heterocycles. The number of hydrogen-bond donors (Lipinski definition) is 3. The highest BCUT2D eigenvalue weighted by Gasteiger charge is 2.18. The van der Waals surface area contributed by atoms with Gasteiger partial charge in [-0.3, -0.25) is 4.55 Å². The number of nitrogens with zero attached hydrogens (tertiary/aromatic N) is 2. The molecule has 128 valence electrons. The lowest BCUT2D eigenvalue weighted by molar-refractivity contribution is 0.0694. The van der Waals surface area contributed by atoms with Gasteiger partial charge in [-0.25, -0.2) is 18.3 Å². The van der Waals surface area contributed by atoms with E-state index in [9.17, 15) is 18.7 Å². The molecule has 8 nitrogen and oxygen atoms in total. The van der Waals surface area contributed by atoms with Gasteiger partial charge in [-0.15, -0.1) is 0 Å². The molecule has 3 aromatic rings. The van der Waals surface area contributed by atoms with Crippen LogP contribution >= 0.6 is 0 Å². The number of carboxylic acids is 1. The topological polar surface area (TPSA) is 124 Å². The fourth-order valence-electron chi connectivity index (χ4n) is 2.28. The van der Waals surface area contributed by atoms with Gasteiger partial charge < -0.3 is 14.6 Å². The molecule has 0 fully saturated rings. The number of aromatic hydroxyl groups is 1. The minimum atomic E-state index is -2.44. The van der Waals surface area contributed by atoms with Crippen LogP contribution in [0.3, 0.4) is 0 Å². The Hall–Kier alpha value is -3.17. The maximum Gasteiger partial charge on any atom is 0.339 e. The van der Waals surface area contributed by atoms with Crippen LogP contribution in [0.2, 0.25) is 0 Å². The molecular formula is C16H12N2O6S. The first kappa shape index (κ1) is 16.7. The molecule has 2 aromatic carbocycles.